The Morgan fingerprint density at radius 2 is 0.833 bits per heavy atom. The van der Waals surface area contributed by atoms with Crippen LogP contribution in [-0.2, 0) is 99.9 Å². The number of nitriles is 1. The molecule has 1 aliphatic rings. The van der Waals surface area contributed by atoms with E-state index in [9.17, 15) is 82.0 Å². The summed E-state index contributed by atoms with van der Waals surface area (Å²) in [5, 5.41) is 33.4. The van der Waals surface area contributed by atoms with Crippen molar-refractivity contribution < 1.29 is 99.9 Å². The number of aromatic nitrogens is 2. The van der Waals surface area contributed by atoms with Crippen LogP contribution in [-0.4, -0.2) is 296 Å². The molecule has 1 fully saturated rings. The van der Waals surface area contributed by atoms with E-state index in [-0.39, 0.29) is 161 Å². The number of aromatic amines is 1. The van der Waals surface area contributed by atoms with E-state index in [0.717, 1.165) is 28.4 Å². The van der Waals surface area contributed by atoms with E-state index in [4.69, 9.17) is 13.8 Å². The van der Waals surface area contributed by atoms with Crippen molar-refractivity contribution in [3.8, 4) is 6.07 Å². The minimum Gasteiger partial charge on any atom is -0.462 e. The maximum Gasteiger partial charge on any atom is 0.396 e. The van der Waals surface area contributed by atoms with Gasteiger partial charge in [0.25, 0.3) is 14.1 Å². The van der Waals surface area contributed by atoms with Crippen LogP contribution in [0.1, 0.15) is 52.3 Å². The molecule has 0 aliphatic carbocycles. The molecule has 0 spiro atoms. The van der Waals surface area contributed by atoms with Crippen molar-refractivity contribution in [1.82, 2.24) is 82.1 Å². The van der Waals surface area contributed by atoms with Gasteiger partial charge < -0.3 is 85.9 Å². The summed E-state index contributed by atoms with van der Waals surface area (Å²) in [4.78, 5) is 205. The molecule has 0 bridgehead atoms. The van der Waals surface area contributed by atoms with Gasteiger partial charge >= 0.3 is 88.6 Å². The SMILES string of the molecule is COC(=O)C(=O)NCCN(CCNC(=O)C(=O)NCCN(CCNC(=O)C(=O)NCCN(CCNC(=O)C(=O)OC)CCNC(=O)C(=O)OC)CCNC(=O)C(=O)NC[C@H]1O[C@@H](n2cc(C)c(=O)[nH]c2=O)C[C@H]1OP(OCCC#N)N(C(C)C)C(C)C)CCNC(=O)C(=O)OC. The van der Waals surface area contributed by atoms with Crippen LogP contribution < -0.4 is 64.4 Å². The summed E-state index contributed by atoms with van der Waals surface area (Å²) in [6.45, 7) is 7.70. The van der Waals surface area contributed by atoms with Crippen LogP contribution in [0.4, 0.5) is 0 Å². The van der Waals surface area contributed by atoms with Crippen molar-refractivity contribution in [2.75, 3.05) is 159 Å². The lowest BCUT2D eigenvalue weighted by atomic mass is 10.2. The Bertz CT molecular complexity index is 2810. The largest absolute Gasteiger partial charge is 0.462 e. The summed E-state index contributed by atoms with van der Waals surface area (Å²) in [5.74, 6) is -15.3. The number of nitrogens with one attached hydrogen (secondary N) is 11. The Hall–Kier alpha value is -9.10. The van der Waals surface area contributed by atoms with E-state index < -0.39 is 121 Å². The van der Waals surface area contributed by atoms with E-state index in [2.05, 4.69) is 77.1 Å². The molecule has 1 aliphatic heterocycles. The molecule has 40 nitrogen and oxygen atoms in total. The third-order valence-corrected chi connectivity index (χ3v) is 15.7. The van der Waals surface area contributed by atoms with Crippen LogP contribution in [0.15, 0.2) is 15.8 Å². The summed E-state index contributed by atoms with van der Waals surface area (Å²) in [5.41, 5.74) is -1.17. The molecule has 1 saturated heterocycles. The Morgan fingerprint density at radius 1 is 0.531 bits per heavy atom. The highest BCUT2D eigenvalue weighted by atomic mass is 31.2. The van der Waals surface area contributed by atoms with Crippen LogP contribution >= 0.6 is 8.53 Å². The fourth-order valence-corrected chi connectivity index (χ4v) is 10.4. The first-order chi connectivity index (χ1) is 45.6. The van der Waals surface area contributed by atoms with Gasteiger partial charge in [-0.2, -0.15) is 5.26 Å². The molecule has 41 heteroatoms. The number of rotatable bonds is 38. The average Bonchev–Trinajstić information content (AvgIpc) is 1.67. The molecule has 536 valence electrons. The molecule has 1 aromatic heterocycles. The van der Waals surface area contributed by atoms with Gasteiger partial charge in [0.1, 0.15) is 12.3 Å². The van der Waals surface area contributed by atoms with Crippen LogP contribution in [0, 0.1) is 18.3 Å². The summed E-state index contributed by atoms with van der Waals surface area (Å²) in [6.07, 6.45) is -1.50. The van der Waals surface area contributed by atoms with Gasteiger partial charge in [0.2, 0.25) is 0 Å². The summed E-state index contributed by atoms with van der Waals surface area (Å²) < 4.78 is 39.6. The predicted octanol–water partition coefficient (Wildman–Crippen LogP) is -8.45. The molecule has 2 rings (SSSR count). The minimum absolute atomic E-state index is 0.0251. The van der Waals surface area contributed by atoms with Gasteiger partial charge in [-0.25, -0.2) is 28.6 Å². The normalized spacial score (nSPS) is 14.4. The Balaban J connectivity index is 2.24. The summed E-state index contributed by atoms with van der Waals surface area (Å²) in [7, 11) is 2.19. The first-order valence-corrected chi connectivity index (χ1v) is 31.3. The quantitative estimate of drug-likeness (QED) is 0.00963. The van der Waals surface area contributed by atoms with E-state index in [1.807, 2.05) is 38.4 Å². The van der Waals surface area contributed by atoms with Crippen molar-refractivity contribution in [3.05, 3.63) is 32.6 Å². The second kappa shape index (κ2) is 45.3. The molecule has 1 aromatic rings. The number of amides is 10. The van der Waals surface area contributed by atoms with Crippen LogP contribution in [0.25, 0.3) is 0 Å². The molecule has 96 heavy (non-hydrogen) atoms. The number of H-pyrrole nitrogens is 1. The maximum atomic E-state index is 13.4. The Kier molecular flexibility index (Phi) is 39.2. The van der Waals surface area contributed by atoms with Crippen LogP contribution in [0.3, 0.4) is 0 Å². The number of hydrogen-bond acceptors (Lipinski definition) is 28. The Morgan fingerprint density at radius 3 is 1.12 bits per heavy atom. The van der Waals surface area contributed by atoms with Crippen molar-refractivity contribution in [3.63, 3.8) is 0 Å². The topological polar surface area (TPSA) is 516 Å². The standard InChI is InChI=1S/C55H88N17O23P/c1-34(2)72(35(3)4)96(93-30-10-11-56)95-37-31-39(71-33-36(5)40(73)67-55(71)88)94-38(37)32-66-46(79)45(78)61-16-25-68(21-12-57-41(74)43(76)59-14-23-69(26-17-62-47(80)51(84)89-6)27-18-63-48(81)52(85)90-7)22-13-58-42(75)44(77)60-15-24-70(28-19-64-49(82)53(86)91-8)29-20-65-50(83)54(87)92-9/h33-35,37-39H,10,12-32H2,1-9H3,(H,57,74)(H,58,75)(H,59,76)(H,60,77)(H,61,78)(H,62,80)(H,63,81)(H,64,82)(H,65,83)(H,66,79)(H,67,73,88)/t37-,38-,39-,96?/m1/s1. The second-order valence-corrected chi connectivity index (χ2v) is 22.4. The van der Waals surface area contributed by atoms with E-state index >= 15 is 0 Å². The van der Waals surface area contributed by atoms with Crippen molar-refractivity contribution in [2.45, 2.75) is 78.0 Å². The van der Waals surface area contributed by atoms with Gasteiger partial charge in [-0.05, 0) is 34.6 Å². The highest BCUT2D eigenvalue weighted by Crippen LogP contribution is 2.49. The molecule has 1 unspecified atom stereocenters. The van der Waals surface area contributed by atoms with E-state index in [1.54, 1.807) is 14.7 Å². The lowest BCUT2D eigenvalue weighted by molar-refractivity contribution is -0.152. The third kappa shape index (κ3) is 31.0. The van der Waals surface area contributed by atoms with E-state index in [1.165, 1.54) is 17.7 Å². The number of esters is 4. The molecule has 4 atom stereocenters. The van der Waals surface area contributed by atoms with Crippen molar-refractivity contribution in [2.24, 2.45) is 0 Å². The molecule has 0 radical (unpaired) electrons. The zero-order chi connectivity index (χ0) is 71.9. The number of ether oxygens (including phenoxy) is 5. The van der Waals surface area contributed by atoms with Gasteiger partial charge in [-0.3, -0.25) is 77.0 Å². The molecule has 0 saturated carbocycles. The predicted molar refractivity (Wildman–Crippen MR) is 332 cm³/mol. The molecular formula is C55H88N17O23P. The first-order valence-electron chi connectivity index (χ1n) is 30.1. The Labute approximate surface area is 553 Å². The van der Waals surface area contributed by atoms with Gasteiger partial charge in [0.15, 0.2) is 0 Å². The number of methoxy groups -OCH3 is 4. The van der Waals surface area contributed by atoms with Crippen molar-refractivity contribution in [1.29, 1.82) is 5.26 Å². The number of carbonyl (C=O) groups excluding carboxylic acids is 14. The molecular weight excluding hydrogens is 1300 g/mol. The summed E-state index contributed by atoms with van der Waals surface area (Å²) in [6, 6.07) is 1.82. The lowest BCUT2D eigenvalue weighted by Gasteiger charge is -2.37. The number of nitrogens with zero attached hydrogens (tertiary/aromatic N) is 6. The zero-order valence-corrected chi connectivity index (χ0v) is 55.9. The highest BCUT2D eigenvalue weighted by Gasteiger charge is 2.42. The third-order valence-electron chi connectivity index (χ3n) is 13.5. The first kappa shape index (κ1) is 83.0. The van der Waals surface area contributed by atoms with Gasteiger partial charge in [-0.1, -0.05) is 0 Å². The zero-order valence-electron chi connectivity index (χ0n) is 55.0. The van der Waals surface area contributed by atoms with Crippen molar-refractivity contribution >= 4 is 91.5 Å². The molecule has 11 N–H and O–H groups in total. The molecule has 10 amide bonds. The number of aryl methyl sites for hydroxylation is 1. The monoisotopic (exact) mass is 1390 g/mol. The second-order valence-electron chi connectivity index (χ2n) is 21.0. The minimum atomic E-state index is -1.88. The fourth-order valence-electron chi connectivity index (χ4n) is 8.66. The van der Waals surface area contributed by atoms with Crippen LogP contribution in [0.5, 0.6) is 0 Å². The van der Waals surface area contributed by atoms with Crippen LogP contribution in [0.2, 0.25) is 0 Å². The summed E-state index contributed by atoms with van der Waals surface area (Å²) >= 11 is 0. The molecule has 0 aromatic carbocycles. The average molecular weight is 1390 g/mol. The lowest BCUT2D eigenvalue weighted by Crippen LogP contribution is -2.49. The van der Waals surface area contributed by atoms with Gasteiger partial charge in [0, 0.05) is 155 Å². The molecule has 2 heterocycles. The smallest absolute Gasteiger partial charge is 0.396 e. The highest BCUT2D eigenvalue weighted by molar-refractivity contribution is 7.44. The maximum absolute atomic E-state index is 13.4. The fraction of sp³-hybridized carbons (Fsp3) is 0.655. The van der Waals surface area contributed by atoms with Gasteiger partial charge in [-0.15, -0.1) is 0 Å². The number of hydrogen-bond donors (Lipinski definition) is 11. The number of carbonyl (C=O) groups is 14. The van der Waals surface area contributed by atoms with E-state index in [0.29, 0.717) is 0 Å². The van der Waals surface area contributed by atoms with Gasteiger partial charge in [0.05, 0.1) is 53.6 Å².